The molecule has 2 aromatic carbocycles. The summed E-state index contributed by atoms with van der Waals surface area (Å²) >= 11 is 6.47. The number of anilines is 2. The summed E-state index contributed by atoms with van der Waals surface area (Å²) in [5.74, 6) is 0.854. The van der Waals surface area contributed by atoms with Crippen molar-refractivity contribution in [3.8, 4) is 6.07 Å². The van der Waals surface area contributed by atoms with Gasteiger partial charge in [0, 0.05) is 74.2 Å². The Balaban J connectivity index is 1.20. The third-order valence-electron chi connectivity index (χ3n) is 8.86. The number of halogens is 1. The molecule has 2 saturated heterocycles. The molecule has 0 saturated carbocycles. The molecule has 7 heteroatoms. The first-order valence-corrected chi connectivity index (χ1v) is 16.0. The molecule has 2 fully saturated rings. The Morgan fingerprint density at radius 1 is 0.927 bits per heavy atom. The van der Waals surface area contributed by atoms with Gasteiger partial charge < -0.3 is 24.3 Å². The summed E-state index contributed by atoms with van der Waals surface area (Å²) in [5, 5.41) is 11.0. The summed E-state index contributed by atoms with van der Waals surface area (Å²) in [4.78, 5) is 8.35. The molecule has 0 spiro atoms. The third-order valence-corrected chi connectivity index (χ3v) is 9.18. The van der Waals surface area contributed by atoms with E-state index in [4.69, 9.17) is 21.1 Å². The monoisotopic (exact) mass is 576 g/mol. The standard InChI is InChI=1S/C34H45ClN4O2/c1-3-5-20-40-34(41-21-6-4-2)25-15-18-38(19-16-25)28-9-11-29(12-10-28)39-17-7-8-26(24-39)30-13-14-31(35)32-27(22-36)23-37-33(30)32/h9-14,23,25-26,34,37H,3-8,15-21,24H2,1-2H3/t26-/m0/s1. The van der Waals surface area contributed by atoms with E-state index in [2.05, 4.69) is 65.0 Å². The van der Waals surface area contributed by atoms with Crippen molar-refractivity contribution in [2.75, 3.05) is 49.2 Å². The van der Waals surface area contributed by atoms with Gasteiger partial charge in [0.2, 0.25) is 0 Å². The molecule has 0 amide bonds. The van der Waals surface area contributed by atoms with Crippen LogP contribution in [0, 0.1) is 17.2 Å². The Bertz CT molecular complexity index is 1280. The quantitative estimate of drug-likeness (QED) is 0.174. The topological polar surface area (TPSA) is 64.5 Å². The third kappa shape index (κ3) is 7.02. The first-order chi connectivity index (χ1) is 20.1. The highest BCUT2D eigenvalue weighted by Crippen LogP contribution is 2.37. The number of nitrogens with one attached hydrogen (secondary N) is 1. The molecular weight excluding hydrogens is 532 g/mol. The molecule has 0 bridgehead atoms. The van der Waals surface area contributed by atoms with Crippen LogP contribution in [0.2, 0.25) is 5.02 Å². The maximum absolute atomic E-state index is 9.52. The molecule has 0 radical (unpaired) electrons. The van der Waals surface area contributed by atoms with Crippen LogP contribution in [0.5, 0.6) is 0 Å². The lowest BCUT2D eigenvalue weighted by atomic mass is 9.89. The fraction of sp³-hybridized carbons (Fsp3) is 0.559. The minimum absolute atomic E-state index is 0.0657. The highest BCUT2D eigenvalue weighted by atomic mass is 35.5. The summed E-state index contributed by atoms with van der Waals surface area (Å²) in [6, 6.07) is 15.5. The lowest BCUT2D eigenvalue weighted by molar-refractivity contribution is -0.177. The Hall–Kier alpha value is -2.72. The van der Waals surface area contributed by atoms with E-state index in [0.717, 1.165) is 102 Å². The van der Waals surface area contributed by atoms with E-state index in [1.807, 2.05) is 6.07 Å². The molecule has 2 aliphatic rings. The minimum Gasteiger partial charge on any atom is -0.372 e. The molecule has 1 aromatic heterocycles. The number of ether oxygens (including phenoxy) is 2. The van der Waals surface area contributed by atoms with Gasteiger partial charge in [-0.3, -0.25) is 0 Å². The average Bonchev–Trinajstić information content (AvgIpc) is 3.46. The van der Waals surface area contributed by atoms with Crippen LogP contribution in [0.4, 0.5) is 11.4 Å². The highest BCUT2D eigenvalue weighted by molar-refractivity contribution is 6.36. The smallest absolute Gasteiger partial charge is 0.160 e. The molecule has 0 aliphatic carbocycles. The van der Waals surface area contributed by atoms with Crippen LogP contribution in [0.15, 0.2) is 42.6 Å². The molecule has 1 N–H and O–H groups in total. The molecule has 3 aromatic rings. The van der Waals surface area contributed by atoms with Crippen molar-refractivity contribution in [2.24, 2.45) is 5.92 Å². The van der Waals surface area contributed by atoms with Crippen LogP contribution in [0.25, 0.3) is 10.9 Å². The van der Waals surface area contributed by atoms with Gasteiger partial charge in [-0.15, -0.1) is 0 Å². The van der Waals surface area contributed by atoms with Crippen LogP contribution in [-0.2, 0) is 9.47 Å². The summed E-state index contributed by atoms with van der Waals surface area (Å²) in [6.45, 7) is 10.1. The minimum atomic E-state index is -0.0657. The summed E-state index contributed by atoms with van der Waals surface area (Å²) in [5.41, 5.74) is 5.45. The van der Waals surface area contributed by atoms with E-state index >= 15 is 0 Å². The number of fused-ring (bicyclic) bond motifs is 1. The van der Waals surface area contributed by atoms with E-state index in [1.54, 1.807) is 6.20 Å². The van der Waals surface area contributed by atoms with E-state index in [1.165, 1.54) is 16.9 Å². The summed E-state index contributed by atoms with van der Waals surface area (Å²) in [7, 11) is 0. The van der Waals surface area contributed by atoms with Gasteiger partial charge in [0.25, 0.3) is 0 Å². The van der Waals surface area contributed by atoms with Crippen molar-refractivity contribution in [1.82, 2.24) is 4.98 Å². The Labute approximate surface area is 250 Å². The lowest BCUT2D eigenvalue weighted by Gasteiger charge is -2.37. The molecular formula is C34H45ClN4O2. The molecule has 5 rings (SSSR count). The number of piperidine rings is 2. The van der Waals surface area contributed by atoms with Crippen molar-refractivity contribution in [3.05, 3.63) is 58.7 Å². The fourth-order valence-electron chi connectivity index (χ4n) is 6.43. The Morgan fingerprint density at radius 3 is 2.22 bits per heavy atom. The lowest BCUT2D eigenvalue weighted by Crippen LogP contribution is -2.40. The van der Waals surface area contributed by atoms with Gasteiger partial charge in [-0.1, -0.05) is 44.4 Å². The van der Waals surface area contributed by atoms with Crippen molar-refractivity contribution in [2.45, 2.75) is 77.4 Å². The van der Waals surface area contributed by atoms with Crippen LogP contribution in [0.3, 0.4) is 0 Å². The number of benzene rings is 2. The Kier molecular flexibility index (Phi) is 10.5. The molecule has 6 nitrogen and oxygen atoms in total. The number of hydrogen-bond donors (Lipinski definition) is 1. The number of nitriles is 1. The molecule has 2 aliphatic heterocycles. The first kappa shape index (κ1) is 29.8. The highest BCUT2D eigenvalue weighted by Gasteiger charge is 2.29. The number of nitrogens with zero attached hydrogens (tertiary/aromatic N) is 3. The number of aromatic nitrogens is 1. The Morgan fingerprint density at radius 2 is 1.59 bits per heavy atom. The van der Waals surface area contributed by atoms with Crippen LogP contribution in [-0.4, -0.2) is 50.7 Å². The number of unbranched alkanes of at least 4 members (excludes halogenated alkanes) is 2. The number of H-pyrrole nitrogens is 1. The second kappa shape index (κ2) is 14.4. The SMILES string of the molecule is CCCCOC(OCCCC)C1CCN(c2ccc(N3CCC[C@H](c4ccc(Cl)c5c(C#N)c[nH]c45)C3)cc2)CC1. The molecule has 3 heterocycles. The number of hydrogen-bond acceptors (Lipinski definition) is 5. The van der Waals surface area contributed by atoms with Crippen molar-refractivity contribution in [1.29, 1.82) is 5.26 Å². The van der Waals surface area contributed by atoms with Gasteiger partial charge in [-0.05, 0) is 74.4 Å². The second-order valence-electron chi connectivity index (χ2n) is 11.6. The zero-order valence-corrected chi connectivity index (χ0v) is 25.5. The first-order valence-electron chi connectivity index (χ1n) is 15.7. The van der Waals surface area contributed by atoms with Crippen molar-refractivity contribution in [3.63, 3.8) is 0 Å². The van der Waals surface area contributed by atoms with E-state index in [0.29, 0.717) is 22.4 Å². The zero-order valence-electron chi connectivity index (χ0n) is 24.7. The van der Waals surface area contributed by atoms with Crippen LogP contribution >= 0.6 is 11.6 Å². The average molecular weight is 577 g/mol. The maximum atomic E-state index is 9.52. The number of aromatic amines is 1. The fourth-order valence-corrected chi connectivity index (χ4v) is 6.69. The van der Waals surface area contributed by atoms with E-state index < -0.39 is 0 Å². The van der Waals surface area contributed by atoms with Gasteiger partial charge in [0.05, 0.1) is 16.1 Å². The zero-order chi connectivity index (χ0) is 28.6. The van der Waals surface area contributed by atoms with Crippen molar-refractivity contribution >= 4 is 33.9 Å². The normalized spacial score (nSPS) is 18.4. The molecule has 41 heavy (non-hydrogen) atoms. The second-order valence-corrected chi connectivity index (χ2v) is 12.1. The predicted molar refractivity (Wildman–Crippen MR) is 169 cm³/mol. The van der Waals surface area contributed by atoms with Gasteiger partial charge >= 0.3 is 0 Å². The van der Waals surface area contributed by atoms with Gasteiger partial charge in [0.1, 0.15) is 6.07 Å². The largest absolute Gasteiger partial charge is 0.372 e. The predicted octanol–water partition coefficient (Wildman–Crippen LogP) is 8.25. The van der Waals surface area contributed by atoms with Gasteiger partial charge in [-0.25, -0.2) is 0 Å². The maximum Gasteiger partial charge on any atom is 0.160 e. The van der Waals surface area contributed by atoms with Crippen LogP contribution < -0.4 is 9.80 Å². The van der Waals surface area contributed by atoms with Crippen molar-refractivity contribution < 1.29 is 9.47 Å². The van der Waals surface area contributed by atoms with Gasteiger partial charge in [0.15, 0.2) is 6.29 Å². The van der Waals surface area contributed by atoms with E-state index in [9.17, 15) is 5.26 Å². The summed E-state index contributed by atoms with van der Waals surface area (Å²) < 4.78 is 12.4. The van der Waals surface area contributed by atoms with Gasteiger partial charge in [-0.2, -0.15) is 5.26 Å². The molecule has 1 atom stereocenters. The molecule has 220 valence electrons. The summed E-state index contributed by atoms with van der Waals surface area (Å²) in [6.07, 6.45) is 10.7. The molecule has 0 unspecified atom stereocenters. The van der Waals surface area contributed by atoms with E-state index in [-0.39, 0.29) is 6.29 Å². The van der Waals surface area contributed by atoms with Crippen LogP contribution in [0.1, 0.15) is 82.3 Å². The number of rotatable bonds is 12.